The second kappa shape index (κ2) is 32.4. The number of hydrogen-bond donors (Lipinski definition) is 1. The summed E-state index contributed by atoms with van der Waals surface area (Å²) in [4.78, 5) is 10.5. The zero-order valence-electron chi connectivity index (χ0n) is 26.3. The van der Waals surface area contributed by atoms with Gasteiger partial charge < -0.3 is 5.11 Å². The van der Waals surface area contributed by atoms with Crippen LogP contribution in [0.15, 0.2) is 12.2 Å². The fourth-order valence-corrected chi connectivity index (χ4v) is 5.48. The molecule has 0 saturated heterocycles. The number of carboxylic acids is 1. The lowest BCUT2D eigenvalue weighted by Crippen LogP contribution is -1.93. The first-order valence-electron chi connectivity index (χ1n) is 17.5. The molecule has 38 heavy (non-hydrogen) atoms. The van der Waals surface area contributed by atoms with E-state index in [1.807, 2.05) is 0 Å². The summed E-state index contributed by atoms with van der Waals surface area (Å²) in [6.07, 6.45) is 45.0. The van der Waals surface area contributed by atoms with Gasteiger partial charge in [-0.1, -0.05) is 180 Å². The summed E-state index contributed by atoms with van der Waals surface area (Å²) in [5.74, 6) is 0.228. The van der Waals surface area contributed by atoms with Gasteiger partial charge in [-0.15, -0.1) is 0 Å². The van der Waals surface area contributed by atoms with E-state index in [-0.39, 0.29) is 0 Å². The predicted octanol–water partition coefficient (Wildman–Crippen LogP) is 13.0. The Morgan fingerprint density at radius 3 is 1.00 bits per heavy atom. The number of unbranched alkanes of at least 4 members (excludes halogenated alkanes) is 26. The van der Waals surface area contributed by atoms with Crippen LogP contribution in [0.25, 0.3) is 0 Å². The Hall–Kier alpha value is -0.790. The third-order valence-corrected chi connectivity index (χ3v) is 8.08. The summed E-state index contributed by atoms with van der Waals surface area (Å²) in [5.41, 5.74) is 0. The molecule has 0 aliphatic carbocycles. The predicted molar refractivity (Wildman–Crippen MR) is 170 cm³/mol. The second-order valence-electron chi connectivity index (χ2n) is 12.6. The van der Waals surface area contributed by atoms with E-state index in [2.05, 4.69) is 26.0 Å². The van der Waals surface area contributed by atoms with Gasteiger partial charge in [0.05, 0.1) is 0 Å². The highest BCUT2D eigenvalue weighted by molar-refractivity contribution is 5.66. The quantitative estimate of drug-likeness (QED) is 0.0688. The Morgan fingerprint density at radius 1 is 0.447 bits per heavy atom. The third-order valence-electron chi connectivity index (χ3n) is 8.08. The minimum Gasteiger partial charge on any atom is -0.481 e. The molecular formula is C36H70O2. The molecule has 0 bridgehead atoms. The van der Waals surface area contributed by atoms with Crippen molar-refractivity contribution in [1.82, 2.24) is 0 Å². The van der Waals surface area contributed by atoms with Crippen molar-refractivity contribution >= 4 is 5.97 Å². The van der Waals surface area contributed by atoms with Crippen LogP contribution in [0.1, 0.15) is 206 Å². The van der Waals surface area contributed by atoms with E-state index in [0.717, 1.165) is 18.8 Å². The second-order valence-corrected chi connectivity index (χ2v) is 12.6. The van der Waals surface area contributed by atoms with Crippen molar-refractivity contribution in [3.05, 3.63) is 12.2 Å². The molecule has 0 radical (unpaired) electrons. The SMILES string of the molecule is CC(C)CCCCCCCCCCCCCCCCCCCCCCC/C=C\CCCCCCCC(=O)O. The van der Waals surface area contributed by atoms with Crippen molar-refractivity contribution in [3.63, 3.8) is 0 Å². The minimum atomic E-state index is -0.659. The van der Waals surface area contributed by atoms with Gasteiger partial charge in [-0.05, 0) is 38.0 Å². The van der Waals surface area contributed by atoms with E-state index >= 15 is 0 Å². The Balaban J connectivity index is 3.08. The molecule has 0 aromatic rings. The largest absolute Gasteiger partial charge is 0.481 e. The number of allylic oxidation sites excluding steroid dienone is 2. The molecule has 0 aromatic heterocycles. The van der Waals surface area contributed by atoms with Crippen LogP contribution in [0.5, 0.6) is 0 Å². The van der Waals surface area contributed by atoms with Crippen LogP contribution in [0.2, 0.25) is 0 Å². The maximum Gasteiger partial charge on any atom is 0.303 e. The molecule has 2 nitrogen and oxygen atoms in total. The Kier molecular flexibility index (Phi) is 31.7. The molecule has 226 valence electrons. The van der Waals surface area contributed by atoms with Crippen LogP contribution < -0.4 is 0 Å². The van der Waals surface area contributed by atoms with E-state index in [0.29, 0.717) is 6.42 Å². The molecule has 0 spiro atoms. The number of carboxylic acid groups (broad SMARTS) is 1. The van der Waals surface area contributed by atoms with Gasteiger partial charge in [-0.2, -0.15) is 0 Å². The normalized spacial score (nSPS) is 11.8. The average molecular weight is 535 g/mol. The van der Waals surface area contributed by atoms with Crippen LogP contribution in [0, 0.1) is 5.92 Å². The zero-order valence-corrected chi connectivity index (χ0v) is 26.3. The van der Waals surface area contributed by atoms with Gasteiger partial charge in [0.25, 0.3) is 0 Å². The summed E-state index contributed by atoms with van der Waals surface area (Å²) in [5, 5.41) is 8.62. The summed E-state index contributed by atoms with van der Waals surface area (Å²) >= 11 is 0. The maximum absolute atomic E-state index is 10.5. The van der Waals surface area contributed by atoms with Crippen LogP contribution in [0.3, 0.4) is 0 Å². The number of carbonyl (C=O) groups is 1. The van der Waals surface area contributed by atoms with Crippen molar-refractivity contribution in [2.45, 2.75) is 206 Å². The first-order valence-corrected chi connectivity index (χ1v) is 17.5. The molecule has 0 atom stereocenters. The fourth-order valence-electron chi connectivity index (χ4n) is 5.48. The van der Waals surface area contributed by atoms with E-state index in [9.17, 15) is 4.79 Å². The molecule has 0 heterocycles. The van der Waals surface area contributed by atoms with Gasteiger partial charge in [0.15, 0.2) is 0 Å². The average Bonchev–Trinajstić information content (AvgIpc) is 2.89. The van der Waals surface area contributed by atoms with Crippen molar-refractivity contribution in [1.29, 1.82) is 0 Å². The van der Waals surface area contributed by atoms with Crippen molar-refractivity contribution in [3.8, 4) is 0 Å². The lowest BCUT2D eigenvalue weighted by atomic mass is 10.0. The molecule has 0 rings (SSSR count). The lowest BCUT2D eigenvalue weighted by Gasteiger charge is -2.05. The first-order chi connectivity index (χ1) is 18.6. The lowest BCUT2D eigenvalue weighted by molar-refractivity contribution is -0.137. The number of aliphatic carboxylic acids is 1. The topological polar surface area (TPSA) is 37.3 Å². The van der Waals surface area contributed by atoms with Crippen LogP contribution >= 0.6 is 0 Å². The molecular weight excluding hydrogens is 464 g/mol. The summed E-state index contributed by atoms with van der Waals surface area (Å²) in [6, 6.07) is 0. The van der Waals surface area contributed by atoms with E-state index in [4.69, 9.17) is 5.11 Å². The molecule has 0 amide bonds. The van der Waals surface area contributed by atoms with Crippen LogP contribution in [-0.4, -0.2) is 11.1 Å². The van der Waals surface area contributed by atoms with Crippen molar-refractivity contribution < 1.29 is 9.90 Å². The monoisotopic (exact) mass is 535 g/mol. The molecule has 0 aliphatic heterocycles. The minimum absolute atomic E-state index is 0.333. The first kappa shape index (κ1) is 37.2. The van der Waals surface area contributed by atoms with Gasteiger partial charge in [0, 0.05) is 6.42 Å². The van der Waals surface area contributed by atoms with E-state index in [1.54, 1.807) is 0 Å². The van der Waals surface area contributed by atoms with Crippen LogP contribution in [0.4, 0.5) is 0 Å². The highest BCUT2D eigenvalue weighted by Crippen LogP contribution is 2.16. The van der Waals surface area contributed by atoms with Gasteiger partial charge in [0.2, 0.25) is 0 Å². The standard InChI is InChI=1S/C36H70O2/c1-35(2)33-31-29-27-25-23-21-19-17-15-13-11-9-7-5-3-4-6-8-10-12-14-16-18-20-22-24-26-28-30-32-34-36(37)38/h18,20,35H,3-17,19,21-34H2,1-2H3,(H,37,38)/b20-18-. The molecule has 2 heteroatoms. The molecule has 0 aromatic carbocycles. The molecule has 0 saturated carbocycles. The third kappa shape index (κ3) is 35.2. The smallest absolute Gasteiger partial charge is 0.303 e. The van der Waals surface area contributed by atoms with Gasteiger partial charge >= 0.3 is 5.97 Å². The Morgan fingerprint density at radius 2 is 0.711 bits per heavy atom. The highest BCUT2D eigenvalue weighted by atomic mass is 16.4. The molecule has 0 aliphatic rings. The Bertz CT molecular complexity index is 482. The van der Waals surface area contributed by atoms with E-state index in [1.165, 1.54) is 173 Å². The highest BCUT2D eigenvalue weighted by Gasteiger charge is 1.98. The van der Waals surface area contributed by atoms with Gasteiger partial charge in [-0.3, -0.25) is 4.79 Å². The summed E-state index contributed by atoms with van der Waals surface area (Å²) in [6.45, 7) is 4.68. The summed E-state index contributed by atoms with van der Waals surface area (Å²) in [7, 11) is 0. The number of hydrogen-bond acceptors (Lipinski definition) is 1. The van der Waals surface area contributed by atoms with Crippen molar-refractivity contribution in [2.24, 2.45) is 5.92 Å². The zero-order chi connectivity index (χ0) is 27.8. The molecule has 0 fully saturated rings. The van der Waals surface area contributed by atoms with Gasteiger partial charge in [-0.25, -0.2) is 0 Å². The number of rotatable bonds is 32. The summed E-state index contributed by atoms with van der Waals surface area (Å²) < 4.78 is 0. The van der Waals surface area contributed by atoms with Gasteiger partial charge in [0.1, 0.15) is 0 Å². The molecule has 1 N–H and O–H groups in total. The maximum atomic E-state index is 10.5. The van der Waals surface area contributed by atoms with E-state index < -0.39 is 5.97 Å². The molecule has 0 unspecified atom stereocenters. The fraction of sp³-hybridized carbons (Fsp3) is 0.917. The Labute approximate surface area is 240 Å². The van der Waals surface area contributed by atoms with Crippen molar-refractivity contribution in [2.75, 3.05) is 0 Å². The van der Waals surface area contributed by atoms with Crippen LogP contribution in [-0.2, 0) is 4.79 Å².